The Kier molecular flexibility index (Phi) is 2.64. The van der Waals surface area contributed by atoms with Crippen molar-refractivity contribution in [3.8, 4) is 0 Å². The third-order valence-electron chi connectivity index (χ3n) is 3.02. The molecule has 0 aliphatic heterocycles. The van der Waals surface area contributed by atoms with Gasteiger partial charge in [0.25, 0.3) is 0 Å². The molecule has 2 aromatic rings. The smallest absolute Gasteiger partial charge is 0.203 e. The molecule has 1 aliphatic carbocycles. The van der Waals surface area contributed by atoms with Gasteiger partial charge in [0.05, 0.1) is 0 Å². The van der Waals surface area contributed by atoms with Crippen molar-refractivity contribution < 1.29 is 0 Å². The third kappa shape index (κ3) is 2.21. The molecule has 6 heteroatoms. The molecule has 0 spiro atoms. The van der Waals surface area contributed by atoms with Gasteiger partial charge < -0.3 is 10.2 Å². The van der Waals surface area contributed by atoms with E-state index >= 15 is 0 Å². The molecule has 0 unspecified atom stereocenters. The van der Waals surface area contributed by atoms with Crippen LogP contribution in [-0.2, 0) is 0 Å². The summed E-state index contributed by atoms with van der Waals surface area (Å²) in [5, 5.41) is 11.5. The predicted octanol–water partition coefficient (Wildman–Crippen LogP) is 0.312. The molecule has 0 radical (unpaired) electrons. The number of hydrogen-bond donors (Lipinski definition) is 1. The Hall–Kier alpha value is -1.69. The fraction of sp³-hybridized carbons (Fsp3) is 0.545. The minimum atomic E-state index is 0.750. The van der Waals surface area contributed by atoms with Crippen molar-refractivity contribution in [2.75, 3.05) is 25.0 Å². The van der Waals surface area contributed by atoms with Crippen LogP contribution in [0.2, 0.25) is 0 Å². The van der Waals surface area contributed by atoms with Crippen molar-refractivity contribution in [2.24, 2.45) is 0 Å². The van der Waals surface area contributed by atoms with E-state index in [-0.39, 0.29) is 0 Å². The van der Waals surface area contributed by atoms with E-state index in [4.69, 9.17) is 0 Å². The van der Waals surface area contributed by atoms with E-state index in [0.29, 0.717) is 0 Å². The minimum absolute atomic E-state index is 0.750. The minimum Gasteiger partial charge on any atom is -0.355 e. The summed E-state index contributed by atoms with van der Waals surface area (Å²) in [7, 11) is 2.03. The van der Waals surface area contributed by atoms with Crippen LogP contribution in [0.1, 0.15) is 12.8 Å². The molecule has 3 rings (SSSR count). The molecule has 0 amide bonds. The molecular formula is C11H16N6. The Balaban J connectivity index is 1.70. The topological polar surface area (TPSA) is 58.4 Å². The highest BCUT2D eigenvalue weighted by atomic mass is 15.3. The monoisotopic (exact) mass is 232 g/mol. The fourth-order valence-electron chi connectivity index (χ4n) is 1.84. The second-order valence-electron chi connectivity index (χ2n) is 4.46. The van der Waals surface area contributed by atoms with Crippen molar-refractivity contribution in [1.29, 1.82) is 0 Å². The van der Waals surface area contributed by atoms with Gasteiger partial charge in [-0.15, -0.1) is 10.2 Å². The average molecular weight is 232 g/mol. The summed E-state index contributed by atoms with van der Waals surface area (Å²) >= 11 is 0. The van der Waals surface area contributed by atoms with Gasteiger partial charge in [0, 0.05) is 38.6 Å². The number of nitrogens with zero attached hydrogens (tertiary/aromatic N) is 5. The zero-order valence-electron chi connectivity index (χ0n) is 9.87. The Labute approximate surface area is 99.7 Å². The standard InChI is InChI=1S/C11H16N6/c1-16(6-4-12-9-2-3-9)10-11-15-14-8-17(11)7-5-13-10/h5,7-9,12H,2-4,6H2,1H3. The molecule has 1 aliphatic rings. The molecule has 2 aromatic heterocycles. The van der Waals surface area contributed by atoms with Gasteiger partial charge >= 0.3 is 0 Å². The highest BCUT2D eigenvalue weighted by Crippen LogP contribution is 2.18. The summed E-state index contributed by atoms with van der Waals surface area (Å²) in [6.45, 7) is 1.91. The molecule has 0 bridgehead atoms. The van der Waals surface area contributed by atoms with Crippen molar-refractivity contribution in [1.82, 2.24) is 24.9 Å². The first-order chi connectivity index (χ1) is 8.34. The van der Waals surface area contributed by atoms with Gasteiger partial charge in [-0.25, -0.2) is 4.98 Å². The molecule has 0 saturated heterocycles. The zero-order valence-corrected chi connectivity index (χ0v) is 9.87. The van der Waals surface area contributed by atoms with E-state index in [1.807, 2.05) is 17.6 Å². The molecule has 1 fully saturated rings. The number of anilines is 1. The quantitative estimate of drug-likeness (QED) is 0.804. The number of likely N-dealkylation sites (N-methyl/N-ethyl adjacent to an activating group) is 1. The second-order valence-corrected chi connectivity index (χ2v) is 4.46. The molecule has 0 atom stereocenters. The number of aromatic nitrogens is 4. The zero-order chi connectivity index (χ0) is 11.7. The lowest BCUT2D eigenvalue weighted by Crippen LogP contribution is -2.31. The summed E-state index contributed by atoms with van der Waals surface area (Å²) in [6.07, 6.45) is 7.96. The van der Waals surface area contributed by atoms with Gasteiger partial charge in [0.15, 0.2) is 5.82 Å². The lowest BCUT2D eigenvalue weighted by Gasteiger charge is -2.18. The first-order valence-corrected chi connectivity index (χ1v) is 5.93. The van der Waals surface area contributed by atoms with E-state index in [1.54, 1.807) is 12.5 Å². The maximum atomic E-state index is 4.37. The van der Waals surface area contributed by atoms with Crippen LogP contribution in [0.5, 0.6) is 0 Å². The van der Waals surface area contributed by atoms with Crippen LogP contribution in [0.15, 0.2) is 18.7 Å². The highest BCUT2D eigenvalue weighted by molar-refractivity contribution is 5.62. The van der Waals surface area contributed by atoms with Gasteiger partial charge in [0.2, 0.25) is 5.65 Å². The summed E-state index contributed by atoms with van der Waals surface area (Å²) in [6, 6.07) is 0.750. The van der Waals surface area contributed by atoms with E-state index in [9.17, 15) is 0 Å². The molecule has 0 aromatic carbocycles. The molecule has 6 nitrogen and oxygen atoms in total. The van der Waals surface area contributed by atoms with Crippen molar-refractivity contribution in [2.45, 2.75) is 18.9 Å². The first kappa shape index (κ1) is 10.5. The molecular weight excluding hydrogens is 216 g/mol. The van der Waals surface area contributed by atoms with Crippen LogP contribution < -0.4 is 10.2 Å². The molecule has 90 valence electrons. The lowest BCUT2D eigenvalue weighted by molar-refractivity contribution is 0.672. The average Bonchev–Trinajstić information content (AvgIpc) is 3.04. The fourth-order valence-corrected chi connectivity index (χ4v) is 1.84. The van der Waals surface area contributed by atoms with E-state index in [1.165, 1.54) is 12.8 Å². The van der Waals surface area contributed by atoms with Crippen LogP contribution in [0, 0.1) is 0 Å². The number of fused-ring (bicyclic) bond motifs is 1. The Morgan fingerprint density at radius 1 is 1.53 bits per heavy atom. The summed E-state index contributed by atoms with van der Waals surface area (Å²) in [5.41, 5.74) is 0.807. The van der Waals surface area contributed by atoms with E-state index in [2.05, 4.69) is 25.4 Å². The van der Waals surface area contributed by atoms with Crippen LogP contribution in [0.25, 0.3) is 5.65 Å². The van der Waals surface area contributed by atoms with Gasteiger partial charge in [-0.3, -0.25) is 4.40 Å². The largest absolute Gasteiger partial charge is 0.355 e. The summed E-state index contributed by atoms with van der Waals surface area (Å²) in [4.78, 5) is 6.48. The normalized spacial score (nSPS) is 15.4. The van der Waals surface area contributed by atoms with E-state index in [0.717, 1.165) is 30.6 Å². The molecule has 2 heterocycles. The highest BCUT2D eigenvalue weighted by Gasteiger charge is 2.20. The van der Waals surface area contributed by atoms with Crippen LogP contribution in [0.3, 0.4) is 0 Å². The van der Waals surface area contributed by atoms with Crippen LogP contribution >= 0.6 is 0 Å². The lowest BCUT2D eigenvalue weighted by atomic mass is 10.4. The van der Waals surface area contributed by atoms with Crippen molar-refractivity contribution >= 4 is 11.5 Å². The molecule has 1 N–H and O–H groups in total. The SMILES string of the molecule is CN(CCNC1CC1)c1nccn2cnnc12. The Morgan fingerprint density at radius 3 is 3.24 bits per heavy atom. The number of hydrogen-bond acceptors (Lipinski definition) is 5. The van der Waals surface area contributed by atoms with E-state index < -0.39 is 0 Å². The summed E-state index contributed by atoms with van der Waals surface area (Å²) < 4.78 is 1.88. The maximum absolute atomic E-state index is 4.37. The second kappa shape index (κ2) is 4.29. The maximum Gasteiger partial charge on any atom is 0.203 e. The van der Waals surface area contributed by atoms with Gasteiger partial charge in [-0.2, -0.15) is 0 Å². The van der Waals surface area contributed by atoms with Crippen LogP contribution in [0.4, 0.5) is 5.82 Å². The van der Waals surface area contributed by atoms with Gasteiger partial charge in [-0.05, 0) is 12.8 Å². The number of rotatable bonds is 5. The van der Waals surface area contributed by atoms with Crippen LogP contribution in [-0.4, -0.2) is 45.8 Å². The van der Waals surface area contributed by atoms with Gasteiger partial charge in [0.1, 0.15) is 6.33 Å². The molecule has 17 heavy (non-hydrogen) atoms. The first-order valence-electron chi connectivity index (χ1n) is 5.93. The predicted molar refractivity (Wildman–Crippen MR) is 65.1 cm³/mol. The van der Waals surface area contributed by atoms with Crippen molar-refractivity contribution in [3.05, 3.63) is 18.7 Å². The molecule has 1 saturated carbocycles. The number of nitrogens with one attached hydrogen (secondary N) is 1. The Bertz CT molecular complexity index is 503. The summed E-state index contributed by atoms with van der Waals surface area (Å²) in [5.74, 6) is 0.877. The van der Waals surface area contributed by atoms with Crippen molar-refractivity contribution in [3.63, 3.8) is 0 Å². The Morgan fingerprint density at radius 2 is 2.41 bits per heavy atom. The van der Waals surface area contributed by atoms with Gasteiger partial charge in [-0.1, -0.05) is 0 Å². The third-order valence-corrected chi connectivity index (χ3v) is 3.02.